The first-order valence-electron chi connectivity index (χ1n) is 11.1. The van der Waals surface area contributed by atoms with Crippen LogP contribution in [0.5, 0.6) is 0 Å². The van der Waals surface area contributed by atoms with Crippen molar-refractivity contribution in [3.05, 3.63) is 59.2 Å². The van der Waals surface area contributed by atoms with Gasteiger partial charge in [0.2, 0.25) is 0 Å². The molecule has 2 heterocycles. The van der Waals surface area contributed by atoms with E-state index >= 15 is 0 Å². The molecule has 1 fully saturated rings. The minimum atomic E-state index is -0.926. The molecule has 1 aliphatic rings. The quantitative estimate of drug-likeness (QED) is 0.411. The average Bonchev–Trinajstić information content (AvgIpc) is 3.17. The second-order valence-electron chi connectivity index (χ2n) is 8.15. The highest BCUT2D eigenvalue weighted by Gasteiger charge is 2.20. The molecule has 1 aromatic heterocycles. The number of nitrogens with one attached hydrogen (secondary N) is 2. The third kappa shape index (κ3) is 4.87. The summed E-state index contributed by atoms with van der Waals surface area (Å²) < 4.78 is 11.2. The van der Waals surface area contributed by atoms with Crippen LogP contribution in [-0.2, 0) is 20.9 Å². The minimum Gasteiger partial charge on any atom is -0.478 e. The molecule has 0 bridgehead atoms. The molecule has 3 N–H and O–H groups in total. The first kappa shape index (κ1) is 22.1. The van der Waals surface area contributed by atoms with Crippen LogP contribution < -0.4 is 5.32 Å². The molecular weight excluding hydrogens is 404 g/mol. The fourth-order valence-corrected chi connectivity index (χ4v) is 4.12. The lowest BCUT2D eigenvalue weighted by Gasteiger charge is -2.24. The highest BCUT2D eigenvalue weighted by molar-refractivity contribution is 6.05. The number of aromatic nitrogens is 1. The number of ether oxygens (including phenoxy) is 2. The zero-order chi connectivity index (χ0) is 22.5. The Morgan fingerprint density at radius 1 is 1.25 bits per heavy atom. The van der Waals surface area contributed by atoms with Crippen LogP contribution in [0.3, 0.4) is 0 Å². The summed E-state index contributed by atoms with van der Waals surface area (Å²) in [6, 6.07) is 14.6. The monoisotopic (exact) mass is 434 g/mol. The first-order valence-corrected chi connectivity index (χ1v) is 11.1. The predicted octanol–water partition coefficient (Wildman–Crippen LogP) is 5.45. The zero-order valence-electron chi connectivity index (χ0n) is 18.6. The SMILES string of the molecule is CCOCc1cc(NC2CCOCC2)c2[nH]c(-c3ccccc3)c(/C=C(\C)C(=O)O)c2c1. The van der Waals surface area contributed by atoms with Crippen molar-refractivity contribution in [2.75, 3.05) is 25.1 Å². The third-order valence-electron chi connectivity index (χ3n) is 5.82. The molecule has 0 radical (unpaired) electrons. The van der Waals surface area contributed by atoms with Gasteiger partial charge in [-0.2, -0.15) is 0 Å². The van der Waals surface area contributed by atoms with Crippen LogP contribution in [0.25, 0.3) is 28.2 Å². The van der Waals surface area contributed by atoms with Gasteiger partial charge in [-0.1, -0.05) is 30.3 Å². The summed E-state index contributed by atoms with van der Waals surface area (Å²) in [6.07, 6.45) is 3.66. The lowest BCUT2D eigenvalue weighted by atomic mass is 10.0. The van der Waals surface area contributed by atoms with Crippen LogP contribution in [0.4, 0.5) is 5.69 Å². The Balaban J connectivity index is 1.91. The Hall–Kier alpha value is -3.09. The normalized spacial score (nSPS) is 15.2. The maximum absolute atomic E-state index is 11.6. The number of hydrogen-bond acceptors (Lipinski definition) is 4. The van der Waals surface area contributed by atoms with Crippen molar-refractivity contribution in [2.24, 2.45) is 0 Å². The van der Waals surface area contributed by atoms with Crippen LogP contribution in [0, 0.1) is 0 Å². The van der Waals surface area contributed by atoms with Gasteiger partial charge in [0.05, 0.1) is 23.5 Å². The maximum Gasteiger partial charge on any atom is 0.331 e. The lowest BCUT2D eigenvalue weighted by molar-refractivity contribution is -0.132. The van der Waals surface area contributed by atoms with E-state index in [1.807, 2.05) is 37.3 Å². The van der Waals surface area contributed by atoms with E-state index in [4.69, 9.17) is 9.47 Å². The highest BCUT2D eigenvalue weighted by atomic mass is 16.5. The Labute approximate surface area is 188 Å². The number of carboxylic acid groups (broad SMARTS) is 1. The highest BCUT2D eigenvalue weighted by Crippen LogP contribution is 2.37. The van der Waals surface area contributed by atoms with Crippen molar-refractivity contribution in [3.8, 4) is 11.3 Å². The van der Waals surface area contributed by atoms with E-state index in [0.717, 1.165) is 65.0 Å². The molecule has 0 unspecified atom stereocenters. The Morgan fingerprint density at radius 3 is 2.69 bits per heavy atom. The van der Waals surface area contributed by atoms with Crippen LogP contribution >= 0.6 is 0 Å². The number of aliphatic carboxylic acids is 1. The van der Waals surface area contributed by atoms with Gasteiger partial charge in [-0.05, 0) is 56.0 Å². The van der Waals surface area contributed by atoms with Gasteiger partial charge in [-0.25, -0.2) is 4.79 Å². The number of hydrogen-bond donors (Lipinski definition) is 3. The molecule has 0 spiro atoms. The number of fused-ring (bicyclic) bond motifs is 1. The summed E-state index contributed by atoms with van der Waals surface area (Å²) in [7, 11) is 0. The van der Waals surface area contributed by atoms with Gasteiger partial charge in [-0.3, -0.25) is 0 Å². The molecule has 6 heteroatoms. The topological polar surface area (TPSA) is 83.6 Å². The van der Waals surface area contributed by atoms with E-state index in [1.165, 1.54) is 0 Å². The molecule has 6 nitrogen and oxygen atoms in total. The van der Waals surface area contributed by atoms with E-state index in [1.54, 1.807) is 13.0 Å². The van der Waals surface area contributed by atoms with Gasteiger partial charge in [-0.15, -0.1) is 0 Å². The van der Waals surface area contributed by atoms with Crippen LogP contribution in [0.15, 0.2) is 48.0 Å². The largest absolute Gasteiger partial charge is 0.478 e. The van der Waals surface area contributed by atoms with Gasteiger partial charge in [0.15, 0.2) is 0 Å². The molecule has 0 aliphatic carbocycles. The standard InChI is InChI=1S/C26H30N2O4/c1-3-31-16-18-14-22-21(13-17(2)26(29)30)24(19-7-5-4-6-8-19)28-25(22)23(15-18)27-20-9-11-32-12-10-20/h4-8,13-15,20,27-28H,3,9-12,16H2,1-2H3,(H,29,30)/b17-13+. The molecule has 1 saturated heterocycles. The van der Waals surface area contributed by atoms with Crippen molar-refractivity contribution >= 4 is 28.6 Å². The number of H-pyrrole nitrogens is 1. The van der Waals surface area contributed by atoms with E-state index < -0.39 is 5.97 Å². The Morgan fingerprint density at radius 2 is 2.00 bits per heavy atom. The first-order chi connectivity index (χ1) is 15.6. The average molecular weight is 435 g/mol. The lowest BCUT2D eigenvalue weighted by Crippen LogP contribution is -2.28. The molecule has 1 aliphatic heterocycles. The van der Waals surface area contributed by atoms with Crippen LogP contribution in [-0.4, -0.2) is 41.9 Å². The van der Waals surface area contributed by atoms with Crippen molar-refractivity contribution in [1.82, 2.24) is 4.98 Å². The van der Waals surface area contributed by atoms with E-state index in [2.05, 4.69) is 22.4 Å². The van der Waals surface area contributed by atoms with E-state index in [-0.39, 0.29) is 5.57 Å². The number of anilines is 1. The molecule has 4 rings (SSSR count). The summed E-state index contributed by atoms with van der Waals surface area (Å²) in [6.45, 7) is 6.25. The molecule has 168 valence electrons. The smallest absolute Gasteiger partial charge is 0.331 e. The number of carbonyl (C=O) groups is 1. The molecule has 3 aromatic rings. The second kappa shape index (κ2) is 10.0. The summed E-state index contributed by atoms with van der Waals surface area (Å²) in [5.41, 5.74) is 6.11. The van der Waals surface area contributed by atoms with Gasteiger partial charge in [0.25, 0.3) is 0 Å². The minimum absolute atomic E-state index is 0.289. The molecule has 0 amide bonds. The van der Waals surface area contributed by atoms with Gasteiger partial charge < -0.3 is 24.9 Å². The van der Waals surface area contributed by atoms with Gasteiger partial charge in [0, 0.05) is 42.4 Å². The molecule has 0 atom stereocenters. The zero-order valence-corrected chi connectivity index (χ0v) is 18.6. The molecule has 0 saturated carbocycles. The summed E-state index contributed by atoms with van der Waals surface area (Å²) in [5.74, 6) is -0.926. The fraction of sp³-hybridized carbons (Fsp3) is 0.346. The molecular formula is C26H30N2O4. The second-order valence-corrected chi connectivity index (χ2v) is 8.15. The van der Waals surface area contributed by atoms with Crippen molar-refractivity contribution in [2.45, 2.75) is 39.3 Å². The van der Waals surface area contributed by atoms with Crippen molar-refractivity contribution < 1.29 is 19.4 Å². The predicted molar refractivity (Wildman–Crippen MR) is 128 cm³/mol. The summed E-state index contributed by atoms with van der Waals surface area (Å²) >= 11 is 0. The number of aromatic amines is 1. The van der Waals surface area contributed by atoms with Crippen LogP contribution in [0.2, 0.25) is 0 Å². The maximum atomic E-state index is 11.6. The number of benzene rings is 2. The van der Waals surface area contributed by atoms with Gasteiger partial charge >= 0.3 is 5.97 Å². The fourth-order valence-electron chi connectivity index (χ4n) is 4.12. The third-order valence-corrected chi connectivity index (χ3v) is 5.82. The van der Waals surface area contributed by atoms with E-state index in [0.29, 0.717) is 19.3 Å². The Bertz CT molecular complexity index is 1110. The van der Waals surface area contributed by atoms with Gasteiger partial charge in [0.1, 0.15) is 0 Å². The van der Waals surface area contributed by atoms with Crippen molar-refractivity contribution in [3.63, 3.8) is 0 Å². The number of carboxylic acids is 1. The van der Waals surface area contributed by atoms with Crippen molar-refractivity contribution in [1.29, 1.82) is 0 Å². The van der Waals surface area contributed by atoms with Crippen LogP contribution in [0.1, 0.15) is 37.8 Å². The summed E-state index contributed by atoms with van der Waals surface area (Å²) in [5, 5.41) is 14.2. The van der Waals surface area contributed by atoms with E-state index in [9.17, 15) is 9.90 Å². The summed E-state index contributed by atoms with van der Waals surface area (Å²) in [4.78, 5) is 15.2. The molecule has 2 aromatic carbocycles. The molecule has 32 heavy (non-hydrogen) atoms. The number of rotatable bonds is 8. The Kier molecular flexibility index (Phi) is 6.93.